The van der Waals surface area contributed by atoms with E-state index in [4.69, 9.17) is 0 Å². The van der Waals surface area contributed by atoms with Crippen LogP contribution in [0.25, 0.3) is 5.65 Å². The molecule has 0 atom stereocenters. The third kappa shape index (κ3) is 0.717. The van der Waals surface area contributed by atoms with E-state index in [-0.39, 0.29) is 0 Å². The molecule has 12 heavy (non-hydrogen) atoms. The molecule has 0 fully saturated rings. The molecule has 2 aromatic heterocycles. The molecule has 2 aromatic rings. The number of hydrogen-bond acceptors (Lipinski definition) is 2. The van der Waals surface area contributed by atoms with Crippen molar-refractivity contribution in [1.29, 1.82) is 0 Å². The van der Waals surface area contributed by atoms with Gasteiger partial charge in [-0.05, 0) is 6.92 Å². The molecule has 62 valence electrons. The summed E-state index contributed by atoms with van der Waals surface area (Å²) in [6, 6.07) is 0. The van der Waals surface area contributed by atoms with Gasteiger partial charge in [0.2, 0.25) is 0 Å². The van der Waals surface area contributed by atoms with Gasteiger partial charge in [0.05, 0.1) is 11.3 Å². The van der Waals surface area contributed by atoms with E-state index in [2.05, 4.69) is 5.10 Å². The fraction of sp³-hybridized carbons (Fsp3) is 0.250. The second-order valence-electron chi connectivity index (χ2n) is 2.79. The molecule has 0 bridgehead atoms. The highest BCUT2D eigenvalue weighted by atomic mass is 16.1. The average molecular weight is 163 g/mol. The zero-order valence-corrected chi connectivity index (χ0v) is 6.98. The third-order valence-corrected chi connectivity index (χ3v) is 1.99. The van der Waals surface area contributed by atoms with Crippen LogP contribution in [0.4, 0.5) is 0 Å². The lowest BCUT2D eigenvalue weighted by Gasteiger charge is -1.90. The fourth-order valence-electron chi connectivity index (χ4n) is 1.38. The van der Waals surface area contributed by atoms with Gasteiger partial charge >= 0.3 is 0 Å². The molecule has 4 heteroatoms. The molecule has 0 saturated carbocycles. The molecule has 0 amide bonds. The van der Waals surface area contributed by atoms with Crippen molar-refractivity contribution in [3.8, 4) is 0 Å². The monoisotopic (exact) mass is 163 g/mol. The maximum atomic E-state index is 10.7. The average Bonchev–Trinajstić information content (AvgIpc) is 2.52. The summed E-state index contributed by atoms with van der Waals surface area (Å²) in [6.45, 7) is 1.83. The van der Waals surface area contributed by atoms with Crippen LogP contribution in [0.1, 0.15) is 16.1 Å². The van der Waals surface area contributed by atoms with E-state index in [1.54, 1.807) is 4.52 Å². The fourth-order valence-corrected chi connectivity index (χ4v) is 1.38. The van der Waals surface area contributed by atoms with Gasteiger partial charge in [-0.3, -0.25) is 4.79 Å². The van der Waals surface area contributed by atoms with Gasteiger partial charge < -0.3 is 4.57 Å². The maximum absolute atomic E-state index is 10.7. The van der Waals surface area contributed by atoms with Crippen molar-refractivity contribution >= 4 is 11.9 Å². The molecule has 0 spiro atoms. The summed E-state index contributed by atoms with van der Waals surface area (Å²) in [5, 5.41) is 4.17. The number of fused-ring (bicyclic) bond motifs is 1. The highest BCUT2D eigenvalue weighted by molar-refractivity contribution is 5.86. The zero-order chi connectivity index (χ0) is 8.72. The largest absolute Gasteiger partial charge is 0.334 e. The van der Waals surface area contributed by atoms with Gasteiger partial charge in [0, 0.05) is 19.4 Å². The van der Waals surface area contributed by atoms with Crippen molar-refractivity contribution in [2.45, 2.75) is 6.92 Å². The van der Waals surface area contributed by atoms with E-state index in [1.807, 2.05) is 30.9 Å². The topological polar surface area (TPSA) is 39.3 Å². The van der Waals surface area contributed by atoms with Crippen molar-refractivity contribution in [2.24, 2.45) is 7.05 Å². The molecule has 0 aliphatic heterocycles. The Morgan fingerprint density at radius 3 is 2.92 bits per heavy atom. The SMILES string of the molecule is Cc1nn2ccn(C)c2c1C=O. The normalized spacial score (nSPS) is 10.8. The zero-order valence-electron chi connectivity index (χ0n) is 6.98. The number of rotatable bonds is 1. The number of aryl methyl sites for hydroxylation is 2. The molecular weight excluding hydrogens is 154 g/mol. The van der Waals surface area contributed by atoms with Crippen LogP contribution < -0.4 is 0 Å². The maximum Gasteiger partial charge on any atom is 0.155 e. The highest BCUT2D eigenvalue weighted by Gasteiger charge is 2.10. The summed E-state index contributed by atoms with van der Waals surface area (Å²) in [5.74, 6) is 0. The minimum absolute atomic E-state index is 0.669. The summed E-state index contributed by atoms with van der Waals surface area (Å²) >= 11 is 0. The summed E-state index contributed by atoms with van der Waals surface area (Å²) in [6.07, 6.45) is 4.54. The van der Waals surface area contributed by atoms with E-state index in [0.29, 0.717) is 5.56 Å². The first-order chi connectivity index (χ1) is 5.74. The van der Waals surface area contributed by atoms with Gasteiger partial charge in [-0.25, -0.2) is 4.52 Å². The number of imidazole rings is 1. The van der Waals surface area contributed by atoms with Crippen molar-refractivity contribution in [2.75, 3.05) is 0 Å². The highest BCUT2D eigenvalue weighted by Crippen LogP contribution is 2.12. The van der Waals surface area contributed by atoms with Crippen molar-refractivity contribution in [3.63, 3.8) is 0 Å². The van der Waals surface area contributed by atoms with Crippen molar-refractivity contribution in [1.82, 2.24) is 14.2 Å². The Morgan fingerprint density at radius 2 is 2.25 bits per heavy atom. The number of hydrogen-bond donors (Lipinski definition) is 0. The van der Waals surface area contributed by atoms with E-state index >= 15 is 0 Å². The standard InChI is InChI=1S/C8H9N3O/c1-6-7(5-12)8-10(2)3-4-11(8)9-6/h3-5H,1-2H3. The number of carbonyl (C=O) groups is 1. The summed E-state index contributed by atoms with van der Waals surface area (Å²) in [7, 11) is 1.89. The molecule has 0 aliphatic rings. The van der Waals surface area contributed by atoms with E-state index in [0.717, 1.165) is 17.6 Å². The first kappa shape index (κ1) is 7.09. The van der Waals surface area contributed by atoms with Crippen LogP contribution in [0, 0.1) is 6.92 Å². The molecule has 2 rings (SSSR count). The predicted octanol–water partition coefficient (Wildman–Crippen LogP) is 0.794. The van der Waals surface area contributed by atoms with Crippen LogP contribution in [0.3, 0.4) is 0 Å². The number of carbonyl (C=O) groups excluding carboxylic acids is 1. The molecule has 0 radical (unpaired) electrons. The Bertz CT molecular complexity index is 438. The minimum Gasteiger partial charge on any atom is -0.334 e. The second-order valence-corrected chi connectivity index (χ2v) is 2.79. The van der Waals surface area contributed by atoms with Gasteiger partial charge in [-0.1, -0.05) is 0 Å². The molecule has 0 aromatic carbocycles. The summed E-state index contributed by atoms with van der Waals surface area (Å²) < 4.78 is 3.59. The quantitative estimate of drug-likeness (QED) is 0.583. The number of aromatic nitrogens is 3. The van der Waals surface area contributed by atoms with Gasteiger partial charge in [-0.2, -0.15) is 5.10 Å². The molecule has 0 saturated heterocycles. The molecule has 0 N–H and O–H groups in total. The Morgan fingerprint density at radius 1 is 1.50 bits per heavy atom. The predicted molar refractivity (Wildman–Crippen MR) is 44.3 cm³/mol. The Balaban J connectivity index is 2.93. The number of nitrogens with zero attached hydrogens (tertiary/aromatic N) is 3. The summed E-state index contributed by atoms with van der Waals surface area (Å²) in [5.41, 5.74) is 2.29. The Labute approximate surface area is 69.4 Å². The van der Waals surface area contributed by atoms with Crippen LogP contribution in [0.15, 0.2) is 12.4 Å². The minimum atomic E-state index is 0.669. The van der Waals surface area contributed by atoms with Crippen LogP contribution in [0.2, 0.25) is 0 Å². The van der Waals surface area contributed by atoms with E-state index < -0.39 is 0 Å². The smallest absolute Gasteiger partial charge is 0.155 e. The van der Waals surface area contributed by atoms with Crippen LogP contribution in [-0.4, -0.2) is 20.5 Å². The van der Waals surface area contributed by atoms with Crippen LogP contribution in [0.5, 0.6) is 0 Å². The lowest BCUT2D eigenvalue weighted by Crippen LogP contribution is -1.89. The molecule has 0 unspecified atom stereocenters. The Kier molecular flexibility index (Phi) is 1.30. The lowest BCUT2D eigenvalue weighted by molar-refractivity contribution is 0.112. The lowest BCUT2D eigenvalue weighted by atomic mass is 10.3. The van der Waals surface area contributed by atoms with E-state index in [1.165, 1.54) is 0 Å². The van der Waals surface area contributed by atoms with Gasteiger partial charge in [-0.15, -0.1) is 0 Å². The van der Waals surface area contributed by atoms with Gasteiger partial charge in [0.15, 0.2) is 6.29 Å². The van der Waals surface area contributed by atoms with E-state index in [9.17, 15) is 4.79 Å². The van der Waals surface area contributed by atoms with Crippen molar-refractivity contribution in [3.05, 3.63) is 23.7 Å². The molecule has 2 heterocycles. The molecular formula is C8H9N3O. The summed E-state index contributed by atoms with van der Waals surface area (Å²) in [4.78, 5) is 10.7. The Hall–Kier alpha value is -1.58. The molecule has 0 aliphatic carbocycles. The van der Waals surface area contributed by atoms with Gasteiger partial charge in [0.25, 0.3) is 0 Å². The number of aldehydes is 1. The first-order valence-corrected chi connectivity index (χ1v) is 3.69. The van der Waals surface area contributed by atoms with Crippen LogP contribution >= 0.6 is 0 Å². The van der Waals surface area contributed by atoms with Crippen molar-refractivity contribution < 1.29 is 4.79 Å². The van der Waals surface area contributed by atoms with Crippen LogP contribution in [-0.2, 0) is 7.05 Å². The second kappa shape index (κ2) is 2.20. The van der Waals surface area contributed by atoms with Gasteiger partial charge in [0.1, 0.15) is 5.65 Å². The molecule has 4 nitrogen and oxygen atoms in total. The third-order valence-electron chi connectivity index (χ3n) is 1.99. The first-order valence-electron chi connectivity index (χ1n) is 3.69.